The molecule has 1 rings (SSSR count). The van der Waals surface area contributed by atoms with Crippen LogP contribution in [-0.4, -0.2) is 43.8 Å². The molecule has 0 aromatic heterocycles. The van der Waals surface area contributed by atoms with E-state index in [0.29, 0.717) is 30.4 Å². The average molecular weight is 515 g/mol. The fourth-order valence-corrected chi connectivity index (χ4v) is 2.67. The summed E-state index contributed by atoms with van der Waals surface area (Å²) in [7, 11) is 0. The molecule has 0 saturated heterocycles. The molecule has 1 aromatic rings. The number of hydrogen-bond acceptors (Lipinski definition) is 4. The van der Waals surface area contributed by atoms with E-state index >= 15 is 0 Å². The summed E-state index contributed by atoms with van der Waals surface area (Å²) < 4.78 is 35.6. The number of aliphatic imine (C=N–C) groups is 1. The fourth-order valence-electron chi connectivity index (χ4n) is 2.09. The summed E-state index contributed by atoms with van der Waals surface area (Å²) in [5, 5.41) is 6.35. The van der Waals surface area contributed by atoms with Gasteiger partial charge in [-0.15, -0.1) is 30.6 Å². The van der Waals surface area contributed by atoms with Gasteiger partial charge in [0.1, 0.15) is 0 Å². The minimum absolute atomic E-state index is 0. The third-order valence-electron chi connectivity index (χ3n) is 3.09. The molecule has 0 aliphatic rings. The SMILES string of the molecule is C=CCSCCNC(=NCc1cccc(OCC)c1OC(F)F)NCC.I. The van der Waals surface area contributed by atoms with Gasteiger partial charge in [0, 0.05) is 30.2 Å². The van der Waals surface area contributed by atoms with Crippen molar-refractivity contribution in [2.24, 2.45) is 4.99 Å². The first-order valence-electron chi connectivity index (χ1n) is 8.52. The standard InChI is InChI=1S/C18H27F2N3O2S.HI/c1-4-11-26-12-10-22-18(21-5-2)23-13-14-8-7-9-15(24-6-3)16(14)25-17(19)20;/h4,7-9,17H,1,5-6,10-13H2,2-3H3,(H2,21,22,23);1H. The number of ether oxygens (including phenoxy) is 2. The fraction of sp³-hybridized carbons (Fsp3) is 0.500. The van der Waals surface area contributed by atoms with Crippen LogP contribution in [0.5, 0.6) is 11.5 Å². The minimum atomic E-state index is -2.92. The van der Waals surface area contributed by atoms with Crippen molar-refractivity contribution in [3.05, 3.63) is 36.4 Å². The van der Waals surface area contributed by atoms with Crippen LogP contribution in [0.4, 0.5) is 8.78 Å². The predicted octanol–water partition coefficient (Wildman–Crippen LogP) is 4.28. The van der Waals surface area contributed by atoms with Gasteiger partial charge in [-0.2, -0.15) is 20.5 Å². The molecule has 0 fully saturated rings. The first-order chi connectivity index (χ1) is 12.6. The van der Waals surface area contributed by atoms with E-state index < -0.39 is 6.61 Å². The molecule has 2 N–H and O–H groups in total. The van der Waals surface area contributed by atoms with Gasteiger partial charge in [0.2, 0.25) is 0 Å². The summed E-state index contributed by atoms with van der Waals surface area (Å²) in [5.41, 5.74) is 0.537. The molecule has 0 radical (unpaired) electrons. The lowest BCUT2D eigenvalue weighted by molar-refractivity contribution is -0.0520. The first kappa shape index (κ1) is 25.8. The van der Waals surface area contributed by atoms with Gasteiger partial charge >= 0.3 is 6.61 Å². The second-order valence-corrected chi connectivity index (χ2v) is 6.19. The molecule has 1 aromatic carbocycles. The Bertz CT molecular complexity index is 578. The number of guanidine groups is 1. The van der Waals surface area contributed by atoms with E-state index in [1.54, 1.807) is 36.9 Å². The quantitative estimate of drug-likeness (QED) is 0.143. The molecule has 0 amide bonds. The van der Waals surface area contributed by atoms with E-state index in [-0.39, 0.29) is 36.3 Å². The van der Waals surface area contributed by atoms with Crippen molar-refractivity contribution in [3.63, 3.8) is 0 Å². The van der Waals surface area contributed by atoms with Crippen LogP contribution in [-0.2, 0) is 6.54 Å². The molecule has 0 bridgehead atoms. The third-order valence-corrected chi connectivity index (χ3v) is 4.06. The van der Waals surface area contributed by atoms with E-state index in [0.717, 1.165) is 18.1 Å². The highest BCUT2D eigenvalue weighted by Gasteiger charge is 2.15. The van der Waals surface area contributed by atoms with Crippen molar-refractivity contribution < 1.29 is 18.3 Å². The number of thioether (sulfide) groups is 1. The maximum atomic E-state index is 12.8. The monoisotopic (exact) mass is 515 g/mol. The van der Waals surface area contributed by atoms with Gasteiger partial charge in [0.25, 0.3) is 0 Å². The molecule has 0 atom stereocenters. The molecule has 154 valence electrons. The Kier molecular flexibility index (Phi) is 15.1. The normalized spacial score (nSPS) is 10.9. The van der Waals surface area contributed by atoms with Gasteiger partial charge in [-0.3, -0.25) is 0 Å². The summed E-state index contributed by atoms with van der Waals surface area (Å²) in [6, 6.07) is 5.04. The van der Waals surface area contributed by atoms with E-state index in [9.17, 15) is 8.78 Å². The van der Waals surface area contributed by atoms with Gasteiger partial charge in [-0.05, 0) is 19.9 Å². The van der Waals surface area contributed by atoms with Crippen LogP contribution in [0.3, 0.4) is 0 Å². The topological polar surface area (TPSA) is 54.9 Å². The smallest absolute Gasteiger partial charge is 0.387 e. The predicted molar refractivity (Wildman–Crippen MR) is 120 cm³/mol. The molecular weight excluding hydrogens is 487 g/mol. The van der Waals surface area contributed by atoms with Crippen molar-refractivity contribution in [3.8, 4) is 11.5 Å². The van der Waals surface area contributed by atoms with Crippen molar-refractivity contribution in [2.45, 2.75) is 27.0 Å². The Morgan fingerprint density at radius 1 is 1.33 bits per heavy atom. The lowest BCUT2D eigenvalue weighted by Crippen LogP contribution is -2.38. The maximum absolute atomic E-state index is 12.8. The molecular formula is C18H28F2IN3O2S. The molecule has 0 heterocycles. The zero-order valence-corrected chi connectivity index (χ0v) is 18.8. The zero-order valence-electron chi connectivity index (χ0n) is 15.7. The molecule has 27 heavy (non-hydrogen) atoms. The van der Waals surface area contributed by atoms with Crippen LogP contribution < -0.4 is 20.1 Å². The van der Waals surface area contributed by atoms with Crippen molar-refractivity contribution in [1.82, 2.24) is 10.6 Å². The molecule has 0 saturated carbocycles. The molecule has 0 aliphatic heterocycles. The Morgan fingerprint density at radius 2 is 2.11 bits per heavy atom. The second-order valence-electron chi connectivity index (χ2n) is 5.04. The molecule has 0 spiro atoms. The average Bonchev–Trinajstić information content (AvgIpc) is 2.61. The first-order valence-corrected chi connectivity index (χ1v) is 9.68. The van der Waals surface area contributed by atoms with Crippen molar-refractivity contribution >= 4 is 41.7 Å². The summed E-state index contributed by atoms with van der Waals surface area (Å²) in [5.74, 6) is 2.76. The van der Waals surface area contributed by atoms with E-state index in [4.69, 9.17) is 4.74 Å². The number of nitrogens with zero attached hydrogens (tertiary/aromatic N) is 1. The Balaban J connectivity index is 0.00000676. The second kappa shape index (κ2) is 15.8. The Hall–Kier alpha value is -1.23. The highest BCUT2D eigenvalue weighted by molar-refractivity contribution is 14.0. The zero-order chi connectivity index (χ0) is 19.2. The van der Waals surface area contributed by atoms with Crippen LogP contribution >= 0.6 is 35.7 Å². The summed E-state index contributed by atoms with van der Waals surface area (Å²) in [6.45, 7) is 6.50. The van der Waals surface area contributed by atoms with Gasteiger partial charge < -0.3 is 20.1 Å². The van der Waals surface area contributed by atoms with Crippen LogP contribution in [0.25, 0.3) is 0 Å². The number of halogens is 3. The van der Waals surface area contributed by atoms with Crippen LogP contribution in [0.15, 0.2) is 35.8 Å². The van der Waals surface area contributed by atoms with E-state index in [2.05, 4.69) is 26.9 Å². The summed E-state index contributed by atoms with van der Waals surface area (Å²) in [6.07, 6.45) is 1.86. The van der Waals surface area contributed by atoms with Gasteiger partial charge in [-0.25, -0.2) is 4.99 Å². The summed E-state index contributed by atoms with van der Waals surface area (Å²) >= 11 is 1.76. The number of rotatable bonds is 12. The minimum Gasteiger partial charge on any atom is -0.490 e. The maximum Gasteiger partial charge on any atom is 0.387 e. The molecule has 9 heteroatoms. The number of nitrogens with one attached hydrogen (secondary N) is 2. The number of benzene rings is 1. The highest BCUT2D eigenvalue weighted by Crippen LogP contribution is 2.33. The van der Waals surface area contributed by atoms with Crippen molar-refractivity contribution in [2.75, 3.05) is 31.2 Å². The van der Waals surface area contributed by atoms with Crippen molar-refractivity contribution in [1.29, 1.82) is 0 Å². The Labute approximate surface area is 181 Å². The van der Waals surface area contributed by atoms with E-state index in [1.807, 2.05) is 13.0 Å². The lowest BCUT2D eigenvalue weighted by atomic mass is 10.2. The number of para-hydroxylation sites is 1. The van der Waals surface area contributed by atoms with Crippen LogP contribution in [0.2, 0.25) is 0 Å². The molecule has 0 unspecified atom stereocenters. The number of hydrogen-bond donors (Lipinski definition) is 2. The van der Waals surface area contributed by atoms with Gasteiger partial charge in [0.15, 0.2) is 17.5 Å². The third kappa shape index (κ3) is 10.6. The lowest BCUT2D eigenvalue weighted by Gasteiger charge is -2.15. The molecule has 5 nitrogen and oxygen atoms in total. The van der Waals surface area contributed by atoms with Crippen LogP contribution in [0.1, 0.15) is 19.4 Å². The highest BCUT2D eigenvalue weighted by atomic mass is 127. The van der Waals surface area contributed by atoms with Gasteiger partial charge in [0.05, 0.1) is 13.2 Å². The summed E-state index contributed by atoms with van der Waals surface area (Å²) in [4.78, 5) is 4.46. The molecule has 0 aliphatic carbocycles. The largest absolute Gasteiger partial charge is 0.490 e. The van der Waals surface area contributed by atoms with Crippen LogP contribution in [0, 0.1) is 0 Å². The Morgan fingerprint density at radius 3 is 2.74 bits per heavy atom. The number of alkyl halides is 2. The van der Waals surface area contributed by atoms with Gasteiger partial charge in [-0.1, -0.05) is 18.2 Å². The van der Waals surface area contributed by atoms with E-state index in [1.165, 1.54) is 0 Å².